The number of thioether (sulfide) groups is 1. The minimum Gasteiger partial charge on any atom is -0.497 e. The number of nitrogens with one attached hydrogen (secondary N) is 1. The zero-order valence-electron chi connectivity index (χ0n) is 20.8. The van der Waals surface area contributed by atoms with E-state index in [4.69, 9.17) is 9.72 Å². The summed E-state index contributed by atoms with van der Waals surface area (Å²) in [7, 11) is 1.60. The first-order valence-corrected chi connectivity index (χ1v) is 13.7. The molecule has 0 spiro atoms. The Kier molecular flexibility index (Phi) is 7.67. The van der Waals surface area contributed by atoms with Gasteiger partial charge in [0.15, 0.2) is 5.16 Å². The van der Waals surface area contributed by atoms with Gasteiger partial charge in [0.2, 0.25) is 0 Å². The van der Waals surface area contributed by atoms with Crippen LogP contribution in [0.3, 0.4) is 0 Å². The van der Waals surface area contributed by atoms with E-state index in [0.717, 1.165) is 28.0 Å². The molecule has 7 nitrogen and oxygen atoms in total. The molecule has 38 heavy (non-hydrogen) atoms. The number of carbonyl (C=O) groups excluding carboxylic acids is 1. The number of rotatable bonds is 8. The molecule has 2 heterocycles. The number of ether oxygens (including phenoxy) is 1. The van der Waals surface area contributed by atoms with E-state index < -0.39 is 0 Å². The maximum Gasteiger partial charge on any atom is 0.268 e. The Hall–Kier alpha value is -4.21. The van der Waals surface area contributed by atoms with Crippen LogP contribution < -0.4 is 15.7 Å². The van der Waals surface area contributed by atoms with Gasteiger partial charge in [0.1, 0.15) is 10.6 Å². The lowest BCUT2D eigenvalue weighted by molar-refractivity contribution is -0.118. The molecule has 0 aliphatic heterocycles. The standard InChI is InChI=1S/C29H24N4O3S2/c1-19-8-12-21(13-9-19)24-17-37-27-26(24)28(35)33(22-6-4-3-5-7-22)29(31-27)38-18-25(34)32-30-16-20-10-14-23(36-2)15-11-20/h3-17H,18H2,1-2H3,(H,32,34)/b30-16+. The number of hydrogen-bond acceptors (Lipinski definition) is 7. The van der Waals surface area contributed by atoms with Crippen LogP contribution in [0.2, 0.25) is 0 Å². The van der Waals surface area contributed by atoms with Crippen molar-refractivity contribution in [3.8, 4) is 22.6 Å². The van der Waals surface area contributed by atoms with E-state index in [1.807, 2.05) is 91.2 Å². The maximum atomic E-state index is 13.9. The first-order chi connectivity index (χ1) is 18.5. The van der Waals surface area contributed by atoms with Crippen molar-refractivity contribution < 1.29 is 9.53 Å². The molecule has 190 valence electrons. The molecule has 2 aromatic heterocycles. The first kappa shape index (κ1) is 25.4. The summed E-state index contributed by atoms with van der Waals surface area (Å²) < 4.78 is 6.72. The molecular formula is C29H24N4O3S2. The molecule has 0 aliphatic rings. The van der Waals surface area contributed by atoms with Crippen molar-refractivity contribution in [1.82, 2.24) is 15.0 Å². The minimum absolute atomic E-state index is 0.0426. The zero-order chi connectivity index (χ0) is 26.5. The van der Waals surface area contributed by atoms with Crippen molar-refractivity contribution in [1.29, 1.82) is 0 Å². The highest BCUT2D eigenvalue weighted by molar-refractivity contribution is 7.99. The smallest absolute Gasteiger partial charge is 0.268 e. The number of hydrazone groups is 1. The average molecular weight is 541 g/mol. The summed E-state index contributed by atoms with van der Waals surface area (Å²) in [6, 6.07) is 24.8. The first-order valence-electron chi connectivity index (χ1n) is 11.8. The number of benzene rings is 3. The minimum atomic E-state index is -0.305. The van der Waals surface area contributed by atoms with E-state index >= 15 is 0 Å². The summed E-state index contributed by atoms with van der Waals surface area (Å²) in [6.07, 6.45) is 1.56. The Morgan fingerprint density at radius 2 is 1.82 bits per heavy atom. The number of para-hydroxylation sites is 1. The zero-order valence-corrected chi connectivity index (χ0v) is 22.4. The van der Waals surface area contributed by atoms with Crippen LogP contribution in [-0.2, 0) is 4.79 Å². The fourth-order valence-corrected chi connectivity index (χ4v) is 5.64. The lowest BCUT2D eigenvalue weighted by Gasteiger charge is -2.12. The number of aromatic nitrogens is 2. The summed E-state index contributed by atoms with van der Waals surface area (Å²) >= 11 is 2.62. The van der Waals surface area contributed by atoms with Gasteiger partial charge in [-0.1, -0.05) is 59.8 Å². The van der Waals surface area contributed by atoms with Crippen molar-refractivity contribution >= 4 is 45.4 Å². The number of thiophene rings is 1. The van der Waals surface area contributed by atoms with Crippen LogP contribution in [0.15, 0.2) is 99.3 Å². The monoisotopic (exact) mass is 540 g/mol. The van der Waals surface area contributed by atoms with Gasteiger partial charge in [-0.05, 0) is 54.4 Å². The van der Waals surface area contributed by atoms with Crippen LogP contribution in [0, 0.1) is 6.92 Å². The van der Waals surface area contributed by atoms with E-state index in [0.29, 0.717) is 21.1 Å². The quantitative estimate of drug-likeness (QED) is 0.119. The van der Waals surface area contributed by atoms with Crippen molar-refractivity contribution in [3.63, 3.8) is 0 Å². The van der Waals surface area contributed by atoms with Gasteiger partial charge in [-0.15, -0.1) is 11.3 Å². The molecule has 0 saturated heterocycles. The third-order valence-electron chi connectivity index (χ3n) is 5.81. The molecule has 0 atom stereocenters. The second-order valence-electron chi connectivity index (χ2n) is 8.42. The summed E-state index contributed by atoms with van der Waals surface area (Å²) in [5.41, 5.74) is 6.86. The van der Waals surface area contributed by atoms with Crippen LogP contribution >= 0.6 is 23.1 Å². The Bertz CT molecular complexity index is 1660. The number of fused-ring (bicyclic) bond motifs is 1. The molecule has 0 fully saturated rings. The molecule has 9 heteroatoms. The van der Waals surface area contributed by atoms with Crippen LogP contribution in [0.5, 0.6) is 5.75 Å². The van der Waals surface area contributed by atoms with E-state index in [1.165, 1.54) is 23.1 Å². The number of methoxy groups -OCH3 is 1. The SMILES string of the molecule is COc1ccc(/C=N/NC(=O)CSc2nc3scc(-c4ccc(C)cc4)c3c(=O)n2-c2ccccc2)cc1. The molecule has 5 rings (SSSR count). The lowest BCUT2D eigenvalue weighted by atomic mass is 10.1. The number of aryl methyl sites for hydroxylation is 1. The van der Waals surface area contributed by atoms with Gasteiger partial charge in [0.25, 0.3) is 11.5 Å². The van der Waals surface area contributed by atoms with E-state index in [9.17, 15) is 9.59 Å². The molecule has 0 aliphatic carbocycles. The molecule has 0 unspecified atom stereocenters. The second kappa shape index (κ2) is 11.5. The Labute approximate surface area is 227 Å². The van der Waals surface area contributed by atoms with Crippen molar-refractivity contribution in [2.45, 2.75) is 12.1 Å². The largest absolute Gasteiger partial charge is 0.497 e. The highest BCUT2D eigenvalue weighted by atomic mass is 32.2. The summed E-state index contributed by atoms with van der Waals surface area (Å²) in [5, 5.41) is 7.02. The van der Waals surface area contributed by atoms with Gasteiger partial charge in [-0.25, -0.2) is 10.4 Å². The summed E-state index contributed by atoms with van der Waals surface area (Å²) in [6.45, 7) is 2.03. The van der Waals surface area contributed by atoms with Crippen LogP contribution in [0.4, 0.5) is 0 Å². The van der Waals surface area contributed by atoms with Gasteiger partial charge in [-0.2, -0.15) is 5.10 Å². The Morgan fingerprint density at radius 1 is 1.08 bits per heavy atom. The molecule has 1 amide bonds. The van der Waals surface area contributed by atoms with Gasteiger partial charge >= 0.3 is 0 Å². The van der Waals surface area contributed by atoms with Crippen molar-refractivity contribution in [2.75, 3.05) is 12.9 Å². The number of hydrogen-bond donors (Lipinski definition) is 1. The topological polar surface area (TPSA) is 85.6 Å². The van der Waals surface area contributed by atoms with Gasteiger partial charge < -0.3 is 4.74 Å². The molecular weight excluding hydrogens is 516 g/mol. The van der Waals surface area contributed by atoms with E-state index in [-0.39, 0.29) is 17.2 Å². The summed E-state index contributed by atoms with van der Waals surface area (Å²) in [5.74, 6) is 0.481. The molecule has 0 saturated carbocycles. The van der Waals surface area contributed by atoms with Crippen molar-refractivity contribution in [3.05, 3.63) is 106 Å². The van der Waals surface area contributed by atoms with E-state index in [1.54, 1.807) is 17.9 Å². The highest BCUT2D eigenvalue weighted by Gasteiger charge is 2.19. The van der Waals surface area contributed by atoms with Crippen molar-refractivity contribution in [2.24, 2.45) is 5.10 Å². The number of amides is 1. The van der Waals surface area contributed by atoms with Gasteiger partial charge in [0.05, 0.1) is 30.2 Å². The number of nitrogens with zero attached hydrogens (tertiary/aromatic N) is 3. The predicted molar refractivity (Wildman–Crippen MR) is 155 cm³/mol. The number of carbonyl (C=O) groups is 1. The van der Waals surface area contributed by atoms with Crippen LogP contribution in [0.1, 0.15) is 11.1 Å². The molecule has 0 radical (unpaired) electrons. The fraction of sp³-hybridized carbons (Fsp3) is 0.103. The molecule has 5 aromatic rings. The Morgan fingerprint density at radius 3 is 2.53 bits per heavy atom. The van der Waals surface area contributed by atoms with Gasteiger partial charge in [-0.3, -0.25) is 14.2 Å². The maximum absolute atomic E-state index is 13.9. The normalized spacial score (nSPS) is 11.2. The average Bonchev–Trinajstić information content (AvgIpc) is 3.37. The lowest BCUT2D eigenvalue weighted by Crippen LogP contribution is -2.24. The Balaban J connectivity index is 1.42. The van der Waals surface area contributed by atoms with Gasteiger partial charge in [0, 0.05) is 10.9 Å². The van der Waals surface area contributed by atoms with Crippen LogP contribution in [0.25, 0.3) is 27.0 Å². The third-order valence-corrected chi connectivity index (χ3v) is 7.62. The summed E-state index contributed by atoms with van der Waals surface area (Å²) in [4.78, 5) is 31.9. The third kappa shape index (κ3) is 5.53. The molecule has 3 aromatic carbocycles. The fourth-order valence-electron chi connectivity index (χ4n) is 3.85. The second-order valence-corrected chi connectivity index (χ2v) is 10.2. The van der Waals surface area contributed by atoms with E-state index in [2.05, 4.69) is 10.5 Å². The predicted octanol–water partition coefficient (Wildman–Crippen LogP) is 5.67. The highest BCUT2D eigenvalue weighted by Crippen LogP contribution is 2.33. The molecule has 0 bridgehead atoms. The molecule has 1 N–H and O–H groups in total. The van der Waals surface area contributed by atoms with Crippen LogP contribution in [-0.4, -0.2) is 34.5 Å².